The first kappa shape index (κ1) is 32.9. The van der Waals surface area contributed by atoms with Crippen LogP contribution >= 0.6 is 0 Å². The van der Waals surface area contributed by atoms with Gasteiger partial charge in [0.25, 0.3) is 0 Å². The van der Waals surface area contributed by atoms with E-state index in [9.17, 15) is 0 Å². The van der Waals surface area contributed by atoms with Gasteiger partial charge in [0, 0.05) is 6.61 Å². The summed E-state index contributed by atoms with van der Waals surface area (Å²) in [7, 11) is 4.87. The fourth-order valence-electron chi connectivity index (χ4n) is 5.09. The second-order valence-corrected chi connectivity index (χ2v) is 11.6. The monoisotopic (exact) mass is 469 g/mol. The number of unbranched alkanes of at least 4 members (excludes halogenated alkanes) is 23. The zero-order valence-electron chi connectivity index (χ0n) is 23.7. The van der Waals surface area contributed by atoms with Crippen LogP contribution in [0, 0.1) is 0 Å². The molecule has 2 nitrogen and oxygen atoms in total. The lowest BCUT2D eigenvalue weighted by Crippen LogP contribution is -2.41. The number of quaternary nitrogens is 1. The molecule has 0 aliphatic heterocycles. The van der Waals surface area contributed by atoms with Gasteiger partial charge in [-0.15, -0.1) is 0 Å². The summed E-state index contributed by atoms with van der Waals surface area (Å²) in [5.41, 5.74) is 0. The van der Waals surface area contributed by atoms with Gasteiger partial charge in [0.05, 0.1) is 27.2 Å². The number of aliphatic hydroxyl groups excluding tert-OH is 1. The average Bonchev–Trinajstić information content (AvgIpc) is 2.80. The number of rotatable bonds is 28. The van der Waals surface area contributed by atoms with E-state index in [0.717, 1.165) is 6.42 Å². The van der Waals surface area contributed by atoms with Crippen molar-refractivity contribution in [1.29, 1.82) is 0 Å². The highest BCUT2D eigenvalue weighted by atomic mass is 16.2. The molecule has 0 unspecified atom stereocenters. The van der Waals surface area contributed by atoms with Crippen LogP contribution in [-0.2, 0) is 0 Å². The predicted molar refractivity (Wildman–Crippen MR) is 150 cm³/mol. The second kappa shape index (κ2) is 26.5. The van der Waals surface area contributed by atoms with Crippen LogP contribution in [0.5, 0.6) is 0 Å². The van der Waals surface area contributed by atoms with E-state index in [4.69, 9.17) is 5.11 Å². The Hall–Kier alpha value is -0.0800. The van der Waals surface area contributed by atoms with Gasteiger partial charge in [-0.1, -0.05) is 135 Å². The minimum atomic E-state index is 0.369. The van der Waals surface area contributed by atoms with E-state index in [1.807, 2.05) is 0 Å². The van der Waals surface area contributed by atoms with Crippen molar-refractivity contribution >= 4 is 0 Å². The molecule has 0 amide bonds. The van der Waals surface area contributed by atoms with Gasteiger partial charge in [0.1, 0.15) is 0 Å². The molecule has 0 radical (unpaired) electrons. The van der Waals surface area contributed by atoms with E-state index in [-0.39, 0.29) is 0 Å². The zero-order valence-corrected chi connectivity index (χ0v) is 23.7. The van der Waals surface area contributed by atoms with Crippen LogP contribution in [0.3, 0.4) is 0 Å². The summed E-state index contributed by atoms with van der Waals surface area (Å²) in [4.78, 5) is 0. The molecule has 0 rings (SSSR count). The van der Waals surface area contributed by atoms with Gasteiger partial charge in [0.2, 0.25) is 0 Å². The lowest BCUT2D eigenvalue weighted by Gasteiger charge is -2.30. The van der Waals surface area contributed by atoms with Gasteiger partial charge in [-0.05, 0) is 32.1 Å². The minimum Gasteiger partial charge on any atom is -0.396 e. The topological polar surface area (TPSA) is 20.2 Å². The molecular formula is C31H66NO+. The minimum absolute atomic E-state index is 0.369. The first-order valence-electron chi connectivity index (χ1n) is 15.6. The van der Waals surface area contributed by atoms with Gasteiger partial charge in [-0.2, -0.15) is 0 Å². The molecule has 0 bridgehead atoms. The van der Waals surface area contributed by atoms with Crippen LogP contribution in [-0.4, -0.2) is 43.4 Å². The standard InChI is InChI=1S/C31H66NO/c1-4-5-6-7-8-9-10-11-12-13-14-15-17-20-23-26-29-32(2,3)30-27-24-21-18-16-19-22-25-28-31-33/h33H,4-31H2,1-3H3/q+1. The Labute approximate surface area is 210 Å². The summed E-state index contributed by atoms with van der Waals surface area (Å²) in [6.45, 7) is 5.39. The summed E-state index contributed by atoms with van der Waals surface area (Å²) >= 11 is 0. The summed E-state index contributed by atoms with van der Waals surface area (Å²) in [5, 5.41) is 8.80. The highest BCUT2D eigenvalue weighted by molar-refractivity contribution is 4.51. The molecule has 0 aromatic rings. The van der Waals surface area contributed by atoms with Gasteiger partial charge >= 0.3 is 0 Å². The molecule has 0 fully saturated rings. The lowest BCUT2D eigenvalue weighted by atomic mass is 10.0. The Morgan fingerprint density at radius 2 is 0.606 bits per heavy atom. The van der Waals surface area contributed by atoms with E-state index in [0.29, 0.717) is 6.61 Å². The molecule has 200 valence electrons. The molecule has 0 aliphatic carbocycles. The highest BCUT2D eigenvalue weighted by Gasteiger charge is 2.13. The number of nitrogens with zero attached hydrogens (tertiary/aromatic N) is 1. The van der Waals surface area contributed by atoms with Crippen molar-refractivity contribution in [1.82, 2.24) is 0 Å². The maximum atomic E-state index is 8.80. The first-order valence-corrected chi connectivity index (χ1v) is 15.6. The van der Waals surface area contributed by atoms with Crippen molar-refractivity contribution < 1.29 is 9.59 Å². The van der Waals surface area contributed by atoms with Crippen LogP contribution in [0.15, 0.2) is 0 Å². The van der Waals surface area contributed by atoms with Crippen molar-refractivity contribution in [3.8, 4) is 0 Å². The molecule has 0 aromatic carbocycles. The van der Waals surface area contributed by atoms with Gasteiger partial charge in [0.15, 0.2) is 0 Å². The summed E-state index contributed by atoms with van der Waals surface area (Å²) < 4.78 is 1.22. The van der Waals surface area contributed by atoms with E-state index in [1.165, 1.54) is 172 Å². The quantitative estimate of drug-likeness (QED) is 0.0894. The highest BCUT2D eigenvalue weighted by Crippen LogP contribution is 2.15. The average molecular weight is 469 g/mol. The van der Waals surface area contributed by atoms with Gasteiger partial charge in [-0.25, -0.2) is 0 Å². The molecule has 2 heteroatoms. The fourth-order valence-corrected chi connectivity index (χ4v) is 5.09. The van der Waals surface area contributed by atoms with E-state index < -0.39 is 0 Å². The summed E-state index contributed by atoms with van der Waals surface area (Å²) in [5.74, 6) is 0. The molecule has 0 atom stereocenters. The van der Waals surface area contributed by atoms with Crippen molar-refractivity contribution in [2.24, 2.45) is 0 Å². The van der Waals surface area contributed by atoms with Crippen LogP contribution in [0.25, 0.3) is 0 Å². The largest absolute Gasteiger partial charge is 0.396 e. The maximum Gasteiger partial charge on any atom is 0.0782 e. The van der Waals surface area contributed by atoms with Gasteiger partial charge < -0.3 is 9.59 Å². The Morgan fingerprint density at radius 1 is 0.364 bits per heavy atom. The maximum absolute atomic E-state index is 8.80. The third-order valence-electron chi connectivity index (χ3n) is 7.54. The molecule has 1 N–H and O–H groups in total. The molecule has 0 saturated carbocycles. The second-order valence-electron chi connectivity index (χ2n) is 11.6. The molecule has 0 heterocycles. The van der Waals surface area contributed by atoms with Crippen LogP contribution in [0.1, 0.15) is 167 Å². The van der Waals surface area contributed by atoms with Crippen molar-refractivity contribution in [3.05, 3.63) is 0 Å². The molecule has 0 saturated heterocycles. The normalized spacial score (nSPS) is 12.0. The lowest BCUT2D eigenvalue weighted by molar-refractivity contribution is -0.890. The van der Waals surface area contributed by atoms with Crippen molar-refractivity contribution in [2.45, 2.75) is 167 Å². The third kappa shape index (κ3) is 28.0. The summed E-state index contributed by atoms with van der Waals surface area (Å²) in [6, 6.07) is 0. The molecule has 0 spiro atoms. The molecular weight excluding hydrogens is 402 g/mol. The van der Waals surface area contributed by atoms with Crippen LogP contribution < -0.4 is 0 Å². The fraction of sp³-hybridized carbons (Fsp3) is 1.00. The Kier molecular flexibility index (Phi) is 26.5. The van der Waals surface area contributed by atoms with Crippen molar-refractivity contribution in [2.75, 3.05) is 33.8 Å². The molecule has 0 aliphatic rings. The predicted octanol–water partition coefficient (Wildman–Crippen LogP) is 9.83. The Morgan fingerprint density at radius 3 is 0.879 bits per heavy atom. The van der Waals surface area contributed by atoms with E-state index >= 15 is 0 Å². The zero-order chi connectivity index (χ0) is 24.3. The van der Waals surface area contributed by atoms with Crippen LogP contribution in [0.2, 0.25) is 0 Å². The SMILES string of the molecule is CCCCCCCCCCCCCCCCCC[N+](C)(C)CCCCCCCCCCCO. The summed E-state index contributed by atoms with van der Waals surface area (Å²) in [6.07, 6.45) is 35.2. The number of hydrogen-bond donors (Lipinski definition) is 1. The molecule has 0 aromatic heterocycles. The number of hydrogen-bond acceptors (Lipinski definition) is 1. The first-order chi connectivity index (χ1) is 16.1. The Balaban J connectivity index is 3.27. The molecule has 33 heavy (non-hydrogen) atoms. The Bertz CT molecular complexity index is 355. The number of aliphatic hydroxyl groups is 1. The third-order valence-corrected chi connectivity index (χ3v) is 7.54. The van der Waals surface area contributed by atoms with Gasteiger partial charge in [-0.3, -0.25) is 0 Å². The van der Waals surface area contributed by atoms with Crippen molar-refractivity contribution in [3.63, 3.8) is 0 Å². The van der Waals surface area contributed by atoms with Crippen LogP contribution in [0.4, 0.5) is 0 Å². The smallest absolute Gasteiger partial charge is 0.0782 e. The van der Waals surface area contributed by atoms with E-state index in [2.05, 4.69) is 21.0 Å². The van der Waals surface area contributed by atoms with E-state index in [1.54, 1.807) is 0 Å².